The van der Waals surface area contributed by atoms with E-state index in [1.807, 2.05) is 50.9 Å². The van der Waals surface area contributed by atoms with Crippen molar-refractivity contribution < 1.29 is 38.1 Å². The summed E-state index contributed by atoms with van der Waals surface area (Å²) in [7, 11) is 1.60. The standard InChI is InChI=1S/C44H67N11O8S/c1-42(2,3)63-41(58)54-18-11-12-30(26-54)46-38-32-24-34(59-6)35(25-33(32)47-39(48-38)53-16-9-10-17-53)62-28-31-27-55(52-51-31)19-21-61-23-22-60-20-15-45-37(56)14-8-7-13-36-44(5)43(4,29-64-36)49-40(57)50-44/h24-25,27,30,36H,7-23,26,28-29H2,1-6H3,(H,45,56)(H,46,47,48)(H2,49,50,57)/t30-,36+,43+,44-/m1/s1. The molecule has 4 N–H and O–H groups in total. The van der Waals surface area contributed by atoms with E-state index in [1.54, 1.807) is 16.7 Å². The number of benzene rings is 1. The van der Waals surface area contributed by atoms with Gasteiger partial charge >= 0.3 is 12.1 Å². The summed E-state index contributed by atoms with van der Waals surface area (Å²) in [6.07, 6.45) is 8.60. The van der Waals surface area contributed by atoms with Crippen LogP contribution in [-0.4, -0.2) is 148 Å². The maximum absolute atomic E-state index is 12.9. The Hall–Kier alpha value is -4.82. The maximum Gasteiger partial charge on any atom is 0.410 e. The largest absolute Gasteiger partial charge is 0.493 e. The molecule has 4 atom stereocenters. The zero-order valence-corrected chi connectivity index (χ0v) is 39.2. The highest BCUT2D eigenvalue weighted by atomic mass is 32.2. The van der Waals surface area contributed by atoms with Gasteiger partial charge in [0.15, 0.2) is 11.5 Å². The normalized spacial score (nSPS) is 23.2. The van der Waals surface area contributed by atoms with Crippen molar-refractivity contribution >= 4 is 52.5 Å². The number of thioether (sulfide) groups is 1. The van der Waals surface area contributed by atoms with E-state index in [9.17, 15) is 14.4 Å². The van der Waals surface area contributed by atoms with E-state index >= 15 is 0 Å². The molecule has 19 nitrogen and oxygen atoms in total. The Morgan fingerprint density at radius 3 is 2.56 bits per heavy atom. The first kappa shape index (κ1) is 47.2. The molecule has 0 spiro atoms. The minimum absolute atomic E-state index is 0.0200. The predicted octanol–water partition coefficient (Wildman–Crippen LogP) is 4.88. The topological polar surface area (TPSA) is 208 Å². The van der Waals surface area contributed by atoms with E-state index < -0.39 is 5.60 Å². The van der Waals surface area contributed by atoms with Crippen molar-refractivity contribution in [3.05, 3.63) is 24.0 Å². The van der Waals surface area contributed by atoms with Crippen LogP contribution in [0, 0.1) is 0 Å². The summed E-state index contributed by atoms with van der Waals surface area (Å²) in [5, 5.41) is 22.4. The van der Waals surface area contributed by atoms with Crippen LogP contribution in [0.5, 0.6) is 11.5 Å². The number of anilines is 2. The molecule has 4 fully saturated rings. The SMILES string of the molecule is COc1cc2c(N[C@@H]3CCCN(C(=O)OC(C)(C)C)C3)nc(N3CCCC3)nc2cc1OCc1cn(CCOCCOCCNC(=O)CCCC[C@@H]2SC[C@]3(C)NC(=O)N[C@]23C)nn1. The van der Waals surface area contributed by atoms with Gasteiger partial charge in [0, 0.05) is 67.6 Å². The first-order valence-corrected chi connectivity index (χ1v) is 23.8. The number of ether oxygens (including phenoxy) is 5. The Morgan fingerprint density at radius 2 is 1.78 bits per heavy atom. The number of likely N-dealkylation sites (tertiary alicyclic amines) is 1. The minimum atomic E-state index is -0.564. The number of piperidine rings is 1. The van der Waals surface area contributed by atoms with Crippen LogP contribution in [0.15, 0.2) is 18.3 Å². The van der Waals surface area contributed by atoms with Gasteiger partial charge in [-0.25, -0.2) is 19.3 Å². The van der Waals surface area contributed by atoms with E-state index in [4.69, 9.17) is 33.7 Å². The molecule has 1 aromatic carbocycles. The van der Waals surface area contributed by atoms with Gasteiger partial charge in [-0.2, -0.15) is 16.7 Å². The molecule has 64 heavy (non-hydrogen) atoms. The van der Waals surface area contributed by atoms with Gasteiger partial charge in [-0.15, -0.1) is 5.10 Å². The van der Waals surface area contributed by atoms with Crippen LogP contribution in [-0.2, 0) is 32.2 Å². The summed E-state index contributed by atoms with van der Waals surface area (Å²) in [5.41, 5.74) is 0.301. The summed E-state index contributed by atoms with van der Waals surface area (Å²) in [4.78, 5) is 51.2. The van der Waals surface area contributed by atoms with Crippen molar-refractivity contribution in [2.24, 2.45) is 0 Å². The zero-order valence-electron chi connectivity index (χ0n) is 38.3. The maximum atomic E-state index is 12.9. The van der Waals surface area contributed by atoms with Crippen molar-refractivity contribution in [2.75, 3.05) is 82.2 Å². The third-order valence-corrected chi connectivity index (χ3v) is 14.2. The Bertz CT molecular complexity index is 2080. The number of fused-ring (bicyclic) bond motifs is 2. The first-order chi connectivity index (χ1) is 30.7. The third kappa shape index (κ3) is 11.9. The molecule has 352 valence electrons. The second kappa shape index (κ2) is 21.0. The van der Waals surface area contributed by atoms with Gasteiger partial charge in [0.25, 0.3) is 0 Å². The highest BCUT2D eigenvalue weighted by Crippen LogP contribution is 2.47. The summed E-state index contributed by atoms with van der Waals surface area (Å²) < 4.78 is 30.8. The van der Waals surface area contributed by atoms with Crippen LogP contribution in [0.3, 0.4) is 0 Å². The van der Waals surface area contributed by atoms with Gasteiger partial charge in [0.2, 0.25) is 11.9 Å². The molecular weight excluding hydrogens is 843 g/mol. The van der Waals surface area contributed by atoms with Crippen LogP contribution in [0.2, 0.25) is 0 Å². The number of amides is 4. The Kier molecular flexibility index (Phi) is 15.5. The predicted molar refractivity (Wildman–Crippen MR) is 244 cm³/mol. The lowest BCUT2D eigenvalue weighted by atomic mass is 9.79. The number of rotatable bonds is 21. The second-order valence-electron chi connectivity index (χ2n) is 18.5. The van der Waals surface area contributed by atoms with Crippen LogP contribution in [0.25, 0.3) is 10.9 Å². The molecule has 0 radical (unpaired) electrons. The molecule has 2 aromatic heterocycles. The molecule has 0 bridgehead atoms. The minimum Gasteiger partial charge on any atom is -0.493 e. The lowest BCUT2D eigenvalue weighted by molar-refractivity contribution is -0.121. The first-order valence-electron chi connectivity index (χ1n) is 22.8. The Morgan fingerprint density at radius 1 is 0.984 bits per heavy atom. The van der Waals surface area contributed by atoms with Gasteiger partial charge in [-0.3, -0.25) is 4.79 Å². The molecule has 7 rings (SSSR count). The molecule has 20 heteroatoms. The van der Waals surface area contributed by atoms with Gasteiger partial charge in [-0.05, 0) is 79.2 Å². The van der Waals surface area contributed by atoms with Crippen LogP contribution in [0.1, 0.15) is 91.7 Å². The molecule has 4 saturated heterocycles. The highest BCUT2D eigenvalue weighted by Gasteiger charge is 2.60. The molecule has 6 heterocycles. The number of urea groups is 1. The monoisotopic (exact) mass is 909 g/mol. The number of nitrogens with one attached hydrogen (secondary N) is 4. The molecular formula is C44H67N11O8S. The van der Waals surface area contributed by atoms with E-state index in [0.717, 1.165) is 69.2 Å². The number of carbonyl (C=O) groups excluding carboxylic acids is 3. The molecule has 0 saturated carbocycles. The number of unbranched alkanes of at least 4 members (excludes halogenated alkanes) is 1. The van der Waals surface area contributed by atoms with Crippen molar-refractivity contribution in [2.45, 2.75) is 127 Å². The van der Waals surface area contributed by atoms with Gasteiger partial charge in [0.05, 0.1) is 62.9 Å². The van der Waals surface area contributed by atoms with Crippen molar-refractivity contribution in [1.82, 2.24) is 45.8 Å². The van der Waals surface area contributed by atoms with Gasteiger partial charge in [-0.1, -0.05) is 11.6 Å². The zero-order chi connectivity index (χ0) is 45.3. The lowest BCUT2D eigenvalue weighted by Gasteiger charge is -2.35. The van der Waals surface area contributed by atoms with Crippen molar-refractivity contribution in [3.63, 3.8) is 0 Å². The average Bonchev–Trinajstić information content (AvgIpc) is 4.04. The molecule has 4 amide bonds. The fourth-order valence-electron chi connectivity index (χ4n) is 8.67. The number of aromatic nitrogens is 5. The number of nitrogens with zero attached hydrogens (tertiary/aromatic N) is 7. The molecule has 0 unspecified atom stereocenters. The summed E-state index contributed by atoms with van der Waals surface area (Å²) >= 11 is 1.90. The highest BCUT2D eigenvalue weighted by molar-refractivity contribution is 8.00. The Balaban J connectivity index is 0.812. The van der Waals surface area contributed by atoms with E-state index in [-0.39, 0.29) is 41.8 Å². The number of hydrogen-bond donors (Lipinski definition) is 4. The average molecular weight is 910 g/mol. The van der Waals surface area contributed by atoms with Gasteiger partial charge in [0.1, 0.15) is 23.7 Å². The van der Waals surface area contributed by atoms with E-state index in [1.165, 1.54) is 0 Å². The summed E-state index contributed by atoms with van der Waals surface area (Å²) in [5.74, 6) is 3.31. The van der Waals surface area contributed by atoms with Crippen LogP contribution < -0.4 is 35.6 Å². The number of hydrogen-bond acceptors (Lipinski definition) is 15. The molecule has 4 aliphatic rings. The van der Waals surface area contributed by atoms with Crippen molar-refractivity contribution in [1.29, 1.82) is 0 Å². The molecule has 3 aromatic rings. The smallest absolute Gasteiger partial charge is 0.410 e. The van der Waals surface area contributed by atoms with E-state index in [0.29, 0.717) is 98.8 Å². The fourth-order valence-corrected chi connectivity index (χ4v) is 10.6. The fraction of sp³-hybridized carbons (Fsp3) is 0.705. The quantitative estimate of drug-likeness (QED) is 0.0830. The summed E-state index contributed by atoms with van der Waals surface area (Å²) in [6, 6.07) is 3.67. The lowest BCUT2D eigenvalue weighted by Crippen LogP contribution is -2.58. The Labute approximate surface area is 380 Å². The van der Waals surface area contributed by atoms with Gasteiger partial charge < -0.3 is 54.8 Å². The second-order valence-corrected chi connectivity index (χ2v) is 19.7. The molecule has 4 aliphatic heterocycles. The van der Waals surface area contributed by atoms with Crippen LogP contribution >= 0.6 is 11.8 Å². The van der Waals surface area contributed by atoms with Crippen molar-refractivity contribution in [3.8, 4) is 11.5 Å². The van der Waals surface area contributed by atoms with Crippen LogP contribution in [0.4, 0.5) is 21.4 Å². The summed E-state index contributed by atoms with van der Waals surface area (Å²) in [6.45, 7) is 15.6. The van der Waals surface area contributed by atoms with E-state index in [2.05, 4.69) is 50.3 Å². The third-order valence-electron chi connectivity index (χ3n) is 12.4. The number of methoxy groups -OCH3 is 1. The number of carbonyl (C=O) groups is 3. The molecule has 0 aliphatic carbocycles.